The molecule has 0 unspecified atom stereocenters. The van der Waals surface area contributed by atoms with Gasteiger partial charge in [0.15, 0.2) is 0 Å². The highest BCUT2D eigenvalue weighted by molar-refractivity contribution is 5.63. The van der Waals surface area contributed by atoms with Crippen molar-refractivity contribution < 1.29 is 5.11 Å². The normalized spacial score (nSPS) is 10.9. The van der Waals surface area contributed by atoms with Gasteiger partial charge >= 0.3 is 0 Å². The van der Waals surface area contributed by atoms with Crippen molar-refractivity contribution in [2.45, 2.75) is 6.42 Å². The van der Waals surface area contributed by atoms with Gasteiger partial charge in [-0.1, -0.05) is 42.5 Å². The minimum absolute atomic E-state index is 0.0890. The molecule has 0 fully saturated rings. The molecule has 0 radical (unpaired) electrons. The molecule has 2 aromatic rings. The predicted molar refractivity (Wildman–Crippen MR) is 69.6 cm³/mol. The second-order valence-electron chi connectivity index (χ2n) is 3.73. The molecule has 2 heteroatoms. The third kappa shape index (κ3) is 3.02. The van der Waals surface area contributed by atoms with Gasteiger partial charge in [0.2, 0.25) is 0 Å². The third-order valence-corrected chi connectivity index (χ3v) is 2.57. The zero-order valence-corrected chi connectivity index (χ0v) is 9.58. The Balaban J connectivity index is 2.31. The third-order valence-electron chi connectivity index (χ3n) is 2.57. The Morgan fingerprint density at radius 1 is 1.00 bits per heavy atom. The molecule has 0 spiro atoms. The maximum atomic E-state index is 8.73. The highest BCUT2D eigenvalue weighted by Crippen LogP contribution is 2.21. The van der Waals surface area contributed by atoms with Crippen molar-refractivity contribution in [3.63, 3.8) is 0 Å². The van der Waals surface area contributed by atoms with E-state index in [0.717, 1.165) is 17.7 Å². The van der Waals surface area contributed by atoms with Gasteiger partial charge in [0.25, 0.3) is 0 Å². The summed E-state index contributed by atoms with van der Waals surface area (Å²) in [4.78, 5) is 4.36. The molecule has 2 rings (SSSR count). The number of hydrogen-bond acceptors (Lipinski definition) is 2. The summed E-state index contributed by atoms with van der Waals surface area (Å²) in [6.07, 6.45) is 6.35. The van der Waals surface area contributed by atoms with Crippen molar-refractivity contribution in [2.75, 3.05) is 6.61 Å². The molecule has 1 aromatic heterocycles. The minimum atomic E-state index is 0.0890. The van der Waals surface area contributed by atoms with Crippen LogP contribution in [-0.2, 0) is 6.42 Å². The molecule has 0 aliphatic carbocycles. The van der Waals surface area contributed by atoms with E-state index >= 15 is 0 Å². The summed E-state index contributed by atoms with van der Waals surface area (Å²) in [5.74, 6) is 0. The van der Waals surface area contributed by atoms with Crippen LogP contribution in [-0.4, -0.2) is 16.7 Å². The number of allylic oxidation sites excluding steroid dienone is 1. The molecule has 1 N–H and O–H groups in total. The monoisotopic (exact) mass is 225 g/mol. The Morgan fingerprint density at radius 3 is 2.59 bits per heavy atom. The molecular weight excluding hydrogens is 210 g/mol. The Labute approximate surface area is 101 Å². The van der Waals surface area contributed by atoms with Crippen LogP contribution < -0.4 is 0 Å². The molecule has 0 bridgehead atoms. The van der Waals surface area contributed by atoms with Gasteiger partial charge < -0.3 is 5.11 Å². The van der Waals surface area contributed by atoms with E-state index in [2.05, 4.69) is 17.1 Å². The minimum Gasteiger partial charge on any atom is -0.392 e. The van der Waals surface area contributed by atoms with Crippen molar-refractivity contribution >= 4 is 0 Å². The SMILES string of the molecule is OC/C=C/Cc1ccccc1-c1ccccn1. The first-order chi connectivity index (χ1) is 8.42. The van der Waals surface area contributed by atoms with E-state index < -0.39 is 0 Å². The fraction of sp³-hybridized carbons (Fsp3) is 0.133. The summed E-state index contributed by atoms with van der Waals surface area (Å²) < 4.78 is 0. The molecule has 1 heterocycles. The predicted octanol–water partition coefficient (Wildman–Crippen LogP) is 2.84. The number of aromatic nitrogens is 1. The van der Waals surface area contributed by atoms with E-state index in [4.69, 9.17) is 5.11 Å². The topological polar surface area (TPSA) is 33.1 Å². The van der Waals surface area contributed by atoms with Gasteiger partial charge in [-0.15, -0.1) is 0 Å². The van der Waals surface area contributed by atoms with Crippen molar-refractivity contribution in [1.29, 1.82) is 0 Å². The lowest BCUT2D eigenvalue weighted by molar-refractivity contribution is 0.342. The van der Waals surface area contributed by atoms with Gasteiger partial charge in [-0.3, -0.25) is 4.98 Å². The van der Waals surface area contributed by atoms with E-state index in [1.165, 1.54) is 5.56 Å². The molecule has 0 atom stereocenters. The zero-order chi connectivity index (χ0) is 11.9. The maximum Gasteiger partial charge on any atom is 0.0704 e. The fourth-order valence-corrected chi connectivity index (χ4v) is 1.76. The van der Waals surface area contributed by atoms with E-state index in [1.54, 1.807) is 12.3 Å². The Hall–Kier alpha value is -1.93. The number of hydrogen-bond donors (Lipinski definition) is 1. The van der Waals surface area contributed by atoms with Crippen molar-refractivity contribution in [3.8, 4) is 11.3 Å². The molecule has 1 aromatic carbocycles. The van der Waals surface area contributed by atoms with E-state index in [-0.39, 0.29) is 6.61 Å². The summed E-state index contributed by atoms with van der Waals surface area (Å²) in [6, 6.07) is 14.1. The quantitative estimate of drug-likeness (QED) is 0.812. The molecule has 0 aliphatic heterocycles. The first kappa shape index (κ1) is 11.6. The summed E-state index contributed by atoms with van der Waals surface area (Å²) in [6.45, 7) is 0.0890. The maximum absolute atomic E-state index is 8.73. The average Bonchev–Trinajstić information content (AvgIpc) is 2.41. The number of nitrogens with zero attached hydrogens (tertiary/aromatic N) is 1. The molecule has 0 aliphatic rings. The molecular formula is C15H15NO. The zero-order valence-electron chi connectivity index (χ0n) is 9.58. The van der Waals surface area contributed by atoms with E-state index in [9.17, 15) is 0 Å². The number of pyridine rings is 1. The fourth-order valence-electron chi connectivity index (χ4n) is 1.76. The Kier molecular flexibility index (Phi) is 4.05. The first-order valence-corrected chi connectivity index (χ1v) is 5.67. The smallest absolute Gasteiger partial charge is 0.0704 e. The van der Waals surface area contributed by atoms with E-state index in [0.29, 0.717) is 0 Å². The van der Waals surface area contributed by atoms with Crippen LogP contribution in [0.15, 0.2) is 60.8 Å². The van der Waals surface area contributed by atoms with Crippen LogP contribution in [0.4, 0.5) is 0 Å². The van der Waals surface area contributed by atoms with Crippen molar-refractivity contribution in [1.82, 2.24) is 4.98 Å². The van der Waals surface area contributed by atoms with Gasteiger partial charge in [0, 0.05) is 11.8 Å². The molecule has 0 saturated carbocycles. The largest absolute Gasteiger partial charge is 0.392 e. The van der Waals surface area contributed by atoms with Crippen molar-refractivity contribution in [2.24, 2.45) is 0 Å². The van der Waals surface area contributed by atoms with Crippen LogP contribution in [0.1, 0.15) is 5.56 Å². The van der Waals surface area contributed by atoms with Crippen molar-refractivity contribution in [3.05, 3.63) is 66.4 Å². The summed E-state index contributed by atoms with van der Waals surface area (Å²) in [5.41, 5.74) is 3.35. The Morgan fingerprint density at radius 2 is 1.82 bits per heavy atom. The molecule has 86 valence electrons. The van der Waals surface area contributed by atoms with Crippen LogP contribution in [0.5, 0.6) is 0 Å². The van der Waals surface area contributed by atoms with E-state index in [1.807, 2.05) is 36.4 Å². The van der Waals surface area contributed by atoms with Crippen LogP contribution in [0.25, 0.3) is 11.3 Å². The highest BCUT2D eigenvalue weighted by Gasteiger charge is 2.03. The van der Waals surface area contributed by atoms with Crippen LogP contribution in [0, 0.1) is 0 Å². The van der Waals surface area contributed by atoms with Gasteiger partial charge in [-0.25, -0.2) is 0 Å². The van der Waals surface area contributed by atoms with Crippen LogP contribution in [0.3, 0.4) is 0 Å². The van der Waals surface area contributed by atoms with Crippen LogP contribution >= 0.6 is 0 Å². The summed E-state index contributed by atoms with van der Waals surface area (Å²) in [7, 11) is 0. The molecule has 2 nitrogen and oxygen atoms in total. The standard InChI is InChI=1S/C15H15NO/c17-12-6-4-8-13-7-1-2-9-14(13)15-10-3-5-11-16-15/h1-7,9-11,17H,8,12H2/b6-4+. The summed E-state index contributed by atoms with van der Waals surface area (Å²) >= 11 is 0. The molecule has 17 heavy (non-hydrogen) atoms. The van der Waals surface area contributed by atoms with Gasteiger partial charge in [0.1, 0.15) is 0 Å². The number of aliphatic hydroxyl groups excluding tert-OH is 1. The first-order valence-electron chi connectivity index (χ1n) is 5.67. The van der Waals surface area contributed by atoms with Crippen LogP contribution in [0.2, 0.25) is 0 Å². The second kappa shape index (κ2) is 5.97. The lowest BCUT2D eigenvalue weighted by Crippen LogP contribution is -1.90. The van der Waals surface area contributed by atoms with Gasteiger partial charge in [0.05, 0.1) is 12.3 Å². The average molecular weight is 225 g/mol. The molecule has 0 amide bonds. The Bertz CT molecular complexity index is 491. The van der Waals surface area contributed by atoms with Gasteiger partial charge in [-0.2, -0.15) is 0 Å². The highest BCUT2D eigenvalue weighted by atomic mass is 16.2. The van der Waals surface area contributed by atoms with Gasteiger partial charge in [-0.05, 0) is 24.1 Å². The summed E-state index contributed by atoms with van der Waals surface area (Å²) in [5, 5.41) is 8.73. The lowest BCUT2D eigenvalue weighted by Gasteiger charge is -2.06. The second-order valence-corrected chi connectivity index (χ2v) is 3.73. The number of benzene rings is 1. The number of aliphatic hydroxyl groups is 1. The molecule has 0 saturated heterocycles. The number of rotatable bonds is 4. The lowest BCUT2D eigenvalue weighted by atomic mass is 10.0.